The largest absolute Gasteiger partial charge is 0.459 e. The van der Waals surface area contributed by atoms with E-state index in [4.69, 9.17) is 13.9 Å². The molecule has 6 nitrogen and oxygen atoms in total. The summed E-state index contributed by atoms with van der Waals surface area (Å²) >= 11 is 0. The highest BCUT2D eigenvalue weighted by Crippen LogP contribution is 2.11. The summed E-state index contributed by atoms with van der Waals surface area (Å²) < 4.78 is 15.2. The van der Waals surface area contributed by atoms with Gasteiger partial charge in [-0.3, -0.25) is 0 Å². The third-order valence-electron chi connectivity index (χ3n) is 1.55. The highest BCUT2D eigenvalue weighted by molar-refractivity contribution is 5.83. The second kappa shape index (κ2) is 5.07. The highest BCUT2D eigenvalue weighted by atomic mass is 16.6. The Balaban J connectivity index is 2.55. The van der Waals surface area contributed by atoms with Crippen LogP contribution in [0.15, 0.2) is 4.42 Å². The van der Waals surface area contributed by atoms with E-state index in [0.29, 0.717) is 0 Å². The van der Waals surface area contributed by atoms with Crippen LogP contribution in [0.25, 0.3) is 0 Å². The van der Waals surface area contributed by atoms with Crippen LogP contribution < -0.4 is 0 Å². The number of esters is 1. The Hall–Kier alpha value is -1.43. The molecule has 0 saturated carbocycles. The average molecular weight is 228 g/mol. The van der Waals surface area contributed by atoms with Crippen molar-refractivity contribution in [2.75, 3.05) is 6.61 Å². The van der Waals surface area contributed by atoms with E-state index < -0.39 is 5.97 Å². The van der Waals surface area contributed by atoms with Crippen molar-refractivity contribution in [1.29, 1.82) is 0 Å². The molecule has 0 aliphatic heterocycles. The zero-order chi connectivity index (χ0) is 12.2. The van der Waals surface area contributed by atoms with Gasteiger partial charge in [-0.05, 0) is 27.7 Å². The van der Waals surface area contributed by atoms with Crippen LogP contribution in [0.2, 0.25) is 0 Å². The average Bonchev–Trinajstić information content (AvgIpc) is 2.62. The molecule has 0 aromatic carbocycles. The minimum absolute atomic E-state index is 0.144. The van der Waals surface area contributed by atoms with E-state index in [1.165, 1.54) is 0 Å². The molecule has 1 heterocycles. The molecule has 1 rings (SSSR count). The Morgan fingerprint density at radius 2 is 2.06 bits per heavy atom. The number of rotatable bonds is 4. The van der Waals surface area contributed by atoms with Crippen LogP contribution in [0.1, 0.15) is 44.3 Å². The predicted molar refractivity (Wildman–Crippen MR) is 54.8 cm³/mol. The molecule has 0 radical (unpaired) electrons. The molecule has 0 aliphatic carbocycles. The lowest BCUT2D eigenvalue weighted by atomic mass is 10.2. The van der Waals surface area contributed by atoms with Crippen LogP contribution in [0.4, 0.5) is 0 Å². The molecule has 0 atom stereocenters. The fraction of sp³-hybridized carbons (Fsp3) is 0.700. The maximum absolute atomic E-state index is 11.2. The molecule has 16 heavy (non-hydrogen) atoms. The summed E-state index contributed by atoms with van der Waals surface area (Å²) in [5.74, 6) is -0.496. The van der Waals surface area contributed by atoms with E-state index in [0.717, 1.165) is 0 Å². The molecule has 0 bridgehead atoms. The first-order valence-corrected chi connectivity index (χ1v) is 5.06. The molecule has 0 unspecified atom stereocenters. The second-order valence-corrected chi connectivity index (χ2v) is 4.12. The van der Waals surface area contributed by atoms with Gasteiger partial charge in [0.25, 0.3) is 0 Å². The van der Waals surface area contributed by atoms with Crippen LogP contribution in [0, 0.1) is 0 Å². The Morgan fingerprint density at radius 3 is 2.62 bits per heavy atom. The summed E-state index contributed by atoms with van der Waals surface area (Å²) in [5.41, 5.74) is -0.293. The monoisotopic (exact) mass is 228 g/mol. The van der Waals surface area contributed by atoms with Crippen molar-refractivity contribution >= 4 is 5.97 Å². The second-order valence-electron chi connectivity index (χ2n) is 4.12. The minimum Gasteiger partial charge on any atom is -0.459 e. The maximum atomic E-state index is 11.2. The van der Waals surface area contributed by atoms with Gasteiger partial charge in [0.2, 0.25) is 5.89 Å². The molecule has 0 spiro atoms. The zero-order valence-corrected chi connectivity index (χ0v) is 9.94. The lowest BCUT2D eigenvalue weighted by molar-refractivity contribution is -0.0248. The number of nitrogens with zero attached hydrogens (tertiary/aromatic N) is 2. The van der Waals surface area contributed by atoms with Crippen molar-refractivity contribution < 1.29 is 18.7 Å². The summed E-state index contributed by atoms with van der Waals surface area (Å²) in [6, 6.07) is 0. The van der Waals surface area contributed by atoms with Crippen molar-refractivity contribution in [3.63, 3.8) is 0 Å². The highest BCUT2D eigenvalue weighted by Gasteiger charge is 2.17. The predicted octanol–water partition coefficient (Wildman–Crippen LogP) is 1.56. The van der Waals surface area contributed by atoms with E-state index in [-0.39, 0.29) is 30.6 Å². The molecule has 6 heteroatoms. The van der Waals surface area contributed by atoms with Crippen LogP contribution in [0.5, 0.6) is 0 Å². The van der Waals surface area contributed by atoms with Crippen molar-refractivity contribution in [2.24, 2.45) is 0 Å². The van der Waals surface area contributed by atoms with Crippen molar-refractivity contribution in [3.8, 4) is 0 Å². The third kappa shape index (κ3) is 3.98. The Kier molecular flexibility index (Phi) is 4.00. The fourth-order valence-corrected chi connectivity index (χ4v) is 0.865. The Labute approximate surface area is 93.9 Å². The lowest BCUT2D eigenvalue weighted by Crippen LogP contribution is -2.18. The van der Waals surface area contributed by atoms with Crippen molar-refractivity contribution in [2.45, 2.75) is 39.9 Å². The summed E-state index contributed by atoms with van der Waals surface area (Å²) in [7, 11) is 0. The van der Waals surface area contributed by atoms with Gasteiger partial charge in [0.1, 0.15) is 6.61 Å². The number of carbonyl (C=O) groups excluding carboxylic acids is 1. The van der Waals surface area contributed by atoms with E-state index in [1.54, 1.807) is 6.92 Å². The van der Waals surface area contributed by atoms with Gasteiger partial charge >= 0.3 is 11.9 Å². The molecule has 0 saturated heterocycles. The van der Waals surface area contributed by atoms with Gasteiger partial charge < -0.3 is 13.9 Å². The van der Waals surface area contributed by atoms with Gasteiger partial charge in [-0.25, -0.2) is 4.79 Å². The van der Waals surface area contributed by atoms with Gasteiger partial charge in [0.05, 0.1) is 12.2 Å². The molecular formula is C10H16N2O4. The number of ether oxygens (including phenoxy) is 2. The van der Waals surface area contributed by atoms with Crippen LogP contribution in [0.3, 0.4) is 0 Å². The summed E-state index contributed by atoms with van der Waals surface area (Å²) in [6.45, 7) is 7.89. The Bertz CT molecular complexity index is 354. The first kappa shape index (κ1) is 12.6. The fourth-order valence-electron chi connectivity index (χ4n) is 0.865. The summed E-state index contributed by atoms with van der Waals surface area (Å²) in [5, 5.41) is 7.24. The first-order valence-electron chi connectivity index (χ1n) is 5.06. The lowest BCUT2D eigenvalue weighted by Gasteiger charge is -2.17. The summed E-state index contributed by atoms with van der Waals surface area (Å²) in [6.07, 6.45) is 0. The molecule has 0 aliphatic rings. The van der Waals surface area contributed by atoms with E-state index in [1.807, 2.05) is 20.8 Å². The first-order chi connectivity index (χ1) is 7.42. The van der Waals surface area contributed by atoms with Crippen LogP contribution >= 0.6 is 0 Å². The van der Waals surface area contributed by atoms with Gasteiger partial charge in [0.15, 0.2) is 0 Å². The number of carbonyl (C=O) groups is 1. The summed E-state index contributed by atoms with van der Waals surface area (Å²) in [4.78, 5) is 11.2. The number of aromatic nitrogens is 2. The molecule has 1 aromatic heterocycles. The van der Waals surface area contributed by atoms with Gasteiger partial charge in [-0.1, -0.05) is 0 Å². The van der Waals surface area contributed by atoms with E-state index in [2.05, 4.69) is 10.2 Å². The normalized spacial score (nSPS) is 11.5. The standard InChI is InChI=1S/C10H16N2O4/c1-5-14-9(13)8-12-11-7(16-8)6-15-10(2,3)4/h5-6H2,1-4H3. The van der Waals surface area contributed by atoms with Gasteiger partial charge in [-0.15, -0.1) is 10.2 Å². The molecule has 90 valence electrons. The zero-order valence-electron chi connectivity index (χ0n) is 9.94. The van der Waals surface area contributed by atoms with Gasteiger partial charge in [-0.2, -0.15) is 0 Å². The number of hydrogen-bond acceptors (Lipinski definition) is 6. The Morgan fingerprint density at radius 1 is 1.38 bits per heavy atom. The molecule has 1 aromatic rings. The number of hydrogen-bond donors (Lipinski definition) is 0. The van der Waals surface area contributed by atoms with Gasteiger partial charge in [0, 0.05) is 0 Å². The maximum Gasteiger partial charge on any atom is 0.396 e. The van der Waals surface area contributed by atoms with Crippen LogP contribution in [-0.2, 0) is 16.1 Å². The molecular weight excluding hydrogens is 212 g/mol. The van der Waals surface area contributed by atoms with Crippen molar-refractivity contribution in [3.05, 3.63) is 11.8 Å². The topological polar surface area (TPSA) is 74.5 Å². The quantitative estimate of drug-likeness (QED) is 0.728. The molecule has 0 fully saturated rings. The van der Waals surface area contributed by atoms with E-state index >= 15 is 0 Å². The smallest absolute Gasteiger partial charge is 0.396 e. The van der Waals surface area contributed by atoms with E-state index in [9.17, 15) is 4.79 Å². The van der Waals surface area contributed by atoms with Crippen LogP contribution in [-0.4, -0.2) is 28.4 Å². The SMILES string of the molecule is CCOC(=O)c1nnc(COC(C)(C)C)o1. The third-order valence-corrected chi connectivity index (χ3v) is 1.55. The molecule has 0 N–H and O–H groups in total. The van der Waals surface area contributed by atoms with Crippen molar-refractivity contribution in [1.82, 2.24) is 10.2 Å². The minimum atomic E-state index is -0.614. The molecule has 0 amide bonds.